The summed E-state index contributed by atoms with van der Waals surface area (Å²) < 4.78 is 2.06. The molecule has 0 unspecified atom stereocenters. The number of pyridine rings is 1. The average molecular weight is 424 g/mol. The Balaban J connectivity index is 2.01. The summed E-state index contributed by atoms with van der Waals surface area (Å²) in [4.78, 5) is 32.5. The fourth-order valence-electron chi connectivity index (χ4n) is 3.26. The lowest BCUT2D eigenvalue weighted by Crippen LogP contribution is -2.28. The molecule has 0 aliphatic heterocycles. The third kappa shape index (κ3) is 4.90. The molecule has 31 heavy (non-hydrogen) atoms. The second-order valence-corrected chi connectivity index (χ2v) is 8.81. The van der Waals surface area contributed by atoms with Crippen molar-refractivity contribution in [3.05, 3.63) is 57.5 Å². The molecule has 164 valence electrons. The molecular formula is C23H29N5O3. The summed E-state index contributed by atoms with van der Waals surface area (Å²) in [5, 5.41) is 13.9. The van der Waals surface area contributed by atoms with Gasteiger partial charge < -0.3 is 9.88 Å². The highest BCUT2D eigenvalue weighted by Crippen LogP contribution is 2.27. The van der Waals surface area contributed by atoms with Crippen molar-refractivity contribution >= 4 is 28.4 Å². The van der Waals surface area contributed by atoms with Crippen LogP contribution in [0.3, 0.4) is 0 Å². The molecule has 8 nitrogen and oxygen atoms in total. The number of aromatic nitrogens is 3. The molecule has 2 heterocycles. The van der Waals surface area contributed by atoms with Gasteiger partial charge in [-0.1, -0.05) is 46.2 Å². The number of nitrogens with one attached hydrogen (secondary N) is 1. The number of rotatable bonds is 7. The molecule has 0 bridgehead atoms. The highest BCUT2D eigenvalue weighted by atomic mass is 16.6. The molecule has 0 saturated carbocycles. The molecule has 0 aliphatic carbocycles. The predicted molar refractivity (Wildman–Crippen MR) is 121 cm³/mol. The van der Waals surface area contributed by atoms with E-state index in [9.17, 15) is 14.9 Å². The number of carbonyl (C=O) groups is 1. The van der Waals surface area contributed by atoms with Crippen molar-refractivity contribution in [1.82, 2.24) is 14.5 Å². The number of benzene rings is 1. The van der Waals surface area contributed by atoms with Crippen LogP contribution in [0.25, 0.3) is 11.2 Å². The normalized spacial score (nSPS) is 11.6. The van der Waals surface area contributed by atoms with Crippen LogP contribution in [0.4, 0.5) is 11.4 Å². The van der Waals surface area contributed by atoms with Gasteiger partial charge in [-0.15, -0.1) is 0 Å². The van der Waals surface area contributed by atoms with Crippen LogP contribution in [-0.2, 0) is 17.8 Å². The Bertz CT molecular complexity index is 1110. The van der Waals surface area contributed by atoms with E-state index in [4.69, 9.17) is 4.98 Å². The van der Waals surface area contributed by atoms with Crippen molar-refractivity contribution in [3.8, 4) is 0 Å². The van der Waals surface area contributed by atoms with E-state index in [-0.39, 0.29) is 11.6 Å². The third-order valence-electron chi connectivity index (χ3n) is 5.27. The minimum Gasteiger partial charge on any atom is -0.324 e. The monoisotopic (exact) mass is 423 g/mol. The highest BCUT2D eigenvalue weighted by Gasteiger charge is 2.23. The number of aryl methyl sites for hydroxylation is 2. The maximum Gasteiger partial charge on any atom is 0.269 e. The number of imidazole rings is 1. The van der Waals surface area contributed by atoms with E-state index in [2.05, 4.69) is 21.8 Å². The molecule has 1 aromatic carbocycles. The molecule has 0 fully saturated rings. The summed E-state index contributed by atoms with van der Waals surface area (Å²) in [7, 11) is 0. The van der Waals surface area contributed by atoms with Crippen LogP contribution in [0, 0.1) is 22.5 Å². The van der Waals surface area contributed by atoms with Gasteiger partial charge in [-0.05, 0) is 18.9 Å². The van der Waals surface area contributed by atoms with Gasteiger partial charge in [0.25, 0.3) is 5.69 Å². The van der Waals surface area contributed by atoms with E-state index < -0.39 is 10.3 Å². The van der Waals surface area contributed by atoms with Gasteiger partial charge in [-0.3, -0.25) is 14.9 Å². The molecule has 3 aromatic rings. The van der Waals surface area contributed by atoms with Gasteiger partial charge in [0.15, 0.2) is 5.65 Å². The number of hydrogen-bond donors (Lipinski definition) is 1. The number of anilines is 1. The van der Waals surface area contributed by atoms with Crippen LogP contribution < -0.4 is 5.32 Å². The lowest BCUT2D eigenvalue weighted by molar-refractivity contribution is -0.384. The van der Waals surface area contributed by atoms with Crippen LogP contribution in [-0.4, -0.2) is 25.4 Å². The smallest absolute Gasteiger partial charge is 0.269 e. The largest absolute Gasteiger partial charge is 0.324 e. The quantitative estimate of drug-likeness (QED) is 0.424. The van der Waals surface area contributed by atoms with Crippen molar-refractivity contribution in [2.24, 2.45) is 5.41 Å². The minimum atomic E-state index is -0.511. The van der Waals surface area contributed by atoms with Crippen LogP contribution >= 0.6 is 0 Å². The zero-order valence-corrected chi connectivity index (χ0v) is 18.7. The Hall–Kier alpha value is -3.29. The molecule has 0 aliphatic rings. The van der Waals surface area contributed by atoms with Crippen LogP contribution in [0.1, 0.15) is 57.5 Å². The Morgan fingerprint density at radius 1 is 1.23 bits per heavy atom. The molecule has 1 N–H and O–H groups in total. The van der Waals surface area contributed by atoms with Crippen LogP contribution in [0.15, 0.2) is 30.5 Å². The zero-order valence-electron chi connectivity index (χ0n) is 18.7. The number of non-ortho nitro benzene ring substituents is 1. The summed E-state index contributed by atoms with van der Waals surface area (Å²) in [6, 6.07) is 6.55. The standard InChI is InChI=1S/C23H29N5O3/c1-6-7-8-19-26-20-15(2)18(25-22(29)23(3,4)5)13-24-21(20)27(19)14-16-9-11-17(12-10-16)28(30)31/h9-13H,6-8,14H2,1-5H3,(H,25,29). The second kappa shape index (κ2) is 8.83. The van der Waals surface area contributed by atoms with Crippen LogP contribution in [0.2, 0.25) is 0 Å². The zero-order chi connectivity index (χ0) is 22.8. The Kier molecular flexibility index (Phi) is 6.38. The minimum absolute atomic E-state index is 0.0682. The van der Waals surface area contributed by atoms with E-state index in [1.807, 2.05) is 27.7 Å². The number of nitro groups is 1. The maximum absolute atomic E-state index is 12.4. The lowest BCUT2D eigenvalue weighted by atomic mass is 9.95. The number of amides is 1. The number of carbonyl (C=O) groups excluding carboxylic acids is 1. The fraction of sp³-hybridized carbons (Fsp3) is 0.435. The summed E-state index contributed by atoms with van der Waals surface area (Å²) in [5.41, 5.74) is 3.54. The van der Waals surface area contributed by atoms with Crippen molar-refractivity contribution in [3.63, 3.8) is 0 Å². The van der Waals surface area contributed by atoms with Gasteiger partial charge in [-0.25, -0.2) is 9.97 Å². The van der Waals surface area contributed by atoms with Crippen LogP contribution in [0.5, 0.6) is 0 Å². The van der Waals surface area contributed by atoms with E-state index in [0.717, 1.165) is 47.4 Å². The average Bonchev–Trinajstić information content (AvgIpc) is 3.06. The first-order valence-corrected chi connectivity index (χ1v) is 10.5. The number of nitro benzene ring substituents is 1. The first-order chi connectivity index (χ1) is 14.6. The van der Waals surface area contributed by atoms with E-state index >= 15 is 0 Å². The number of unbranched alkanes of at least 4 members (excludes halogenated alkanes) is 1. The van der Waals surface area contributed by atoms with E-state index in [1.54, 1.807) is 18.3 Å². The summed E-state index contributed by atoms with van der Waals surface area (Å²) in [5.74, 6) is 0.846. The molecule has 0 radical (unpaired) electrons. The first-order valence-electron chi connectivity index (χ1n) is 10.5. The summed E-state index contributed by atoms with van der Waals surface area (Å²) in [6.45, 7) is 10.2. The molecule has 0 saturated heterocycles. The predicted octanol–water partition coefficient (Wildman–Crippen LogP) is 5.02. The first kappa shape index (κ1) is 22.4. The lowest BCUT2D eigenvalue weighted by Gasteiger charge is -2.18. The Labute approximate surface area is 181 Å². The molecule has 3 rings (SSSR count). The van der Waals surface area contributed by atoms with Gasteiger partial charge in [0.05, 0.1) is 23.4 Å². The highest BCUT2D eigenvalue weighted by molar-refractivity contribution is 5.97. The number of fused-ring (bicyclic) bond motifs is 1. The second-order valence-electron chi connectivity index (χ2n) is 8.81. The Morgan fingerprint density at radius 2 is 1.90 bits per heavy atom. The molecule has 8 heteroatoms. The van der Waals surface area contributed by atoms with Gasteiger partial charge in [0.1, 0.15) is 11.3 Å². The molecule has 1 amide bonds. The topological polar surface area (TPSA) is 103 Å². The Morgan fingerprint density at radius 3 is 2.48 bits per heavy atom. The number of nitrogens with zero attached hydrogens (tertiary/aromatic N) is 4. The summed E-state index contributed by atoms with van der Waals surface area (Å²) >= 11 is 0. The third-order valence-corrected chi connectivity index (χ3v) is 5.27. The van der Waals surface area contributed by atoms with Gasteiger partial charge in [0, 0.05) is 29.5 Å². The number of hydrogen-bond acceptors (Lipinski definition) is 5. The van der Waals surface area contributed by atoms with Crippen molar-refractivity contribution < 1.29 is 9.72 Å². The molecule has 2 aromatic heterocycles. The van der Waals surface area contributed by atoms with Gasteiger partial charge >= 0.3 is 0 Å². The van der Waals surface area contributed by atoms with E-state index in [1.165, 1.54) is 12.1 Å². The summed E-state index contributed by atoms with van der Waals surface area (Å²) in [6.07, 6.45) is 4.53. The van der Waals surface area contributed by atoms with Gasteiger partial charge in [0.2, 0.25) is 5.91 Å². The molecular weight excluding hydrogens is 394 g/mol. The van der Waals surface area contributed by atoms with Gasteiger partial charge in [-0.2, -0.15) is 0 Å². The van der Waals surface area contributed by atoms with Crippen molar-refractivity contribution in [2.45, 2.75) is 60.4 Å². The van der Waals surface area contributed by atoms with Crippen molar-refractivity contribution in [1.29, 1.82) is 0 Å². The molecule has 0 spiro atoms. The van der Waals surface area contributed by atoms with Crippen molar-refractivity contribution in [2.75, 3.05) is 5.32 Å². The SMILES string of the molecule is CCCCc1nc2c(C)c(NC(=O)C(C)(C)C)cnc2n1Cc1ccc([N+](=O)[O-])cc1. The maximum atomic E-state index is 12.4. The fourth-order valence-corrected chi connectivity index (χ4v) is 3.26. The van der Waals surface area contributed by atoms with E-state index in [0.29, 0.717) is 12.2 Å². The molecule has 0 atom stereocenters.